The minimum Gasteiger partial charge on any atom is -0.389 e. The van der Waals surface area contributed by atoms with Crippen molar-refractivity contribution in [3.8, 4) is 0 Å². The standard InChI is InChI=1S/C11H18N2OS/c1-9(14)10-4-5-11(12-8-10)13(2)6-7-15-3/h4-5,8-9,14H,6-7H2,1-3H3/t9-/m0/s1. The first-order valence-electron chi connectivity index (χ1n) is 4.99. The Kier molecular flexibility index (Phi) is 4.91. The van der Waals surface area contributed by atoms with Crippen molar-refractivity contribution in [3.63, 3.8) is 0 Å². The first-order valence-corrected chi connectivity index (χ1v) is 6.38. The molecule has 84 valence electrons. The number of rotatable bonds is 5. The summed E-state index contributed by atoms with van der Waals surface area (Å²) in [7, 11) is 2.03. The smallest absolute Gasteiger partial charge is 0.128 e. The van der Waals surface area contributed by atoms with Crippen LogP contribution in [0.1, 0.15) is 18.6 Å². The molecule has 0 saturated heterocycles. The molecule has 4 heteroatoms. The van der Waals surface area contributed by atoms with Crippen molar-refractivity contribution in [3.05, 3.63) is 23.9 Å². The molecule has 1 aromatic heterocycles. The molecule has 0 amide bonds. The predicted octanol–water partition coefficient (Wildman–Crippen LogP) is 1.93. The number of aliphatic hydroxyl groups is 1. The summed E-state index contributed by atoms with van der Waals surface area (Å²) in [4.78, 5) is 6.42. The van der Waals surface area contributed by atoms with E-state index in [4.69, 9.17) is 0 Å². The van der Waals surface area contributed by atoms with Crippen molar-refractivity contribution in [2.24, 2.45) is 0 Å². The lowest BCUT2D eigenvalue weighted by atomic mass is 10.2. The minimum atomic E-state index is -0.442. The van der Waals surface area contributed by atoms with E-state index in [-0.39, 0.29) is 0 Å². The van der Waals surface area contributed by atoms with Crippen molar-refractivity contribution in [2.45, 2.75) is 13.0 Å². The quantitative estimate of drug-likeness (QED) is 0.832. The van der Waals surface area contributed by atoms with Gasteiger partial charge in [-0.05, 0) is 24.8 Å². The van der Waals surface area contributed by atoms with Crippen molar-refractivity contribution < 1.29 is 5.11 Å². The SMILES string of the molecule is CSCCN(C)c1ccc([C@H](C)O)cn1. The van der Waals surface area contributed by atoms with Crippen LogP contribution in [-0.2, 0) is 0 Å². The van der Waals surface area contributed by atoms with E-state index in [0.717, 1.165) is 23.7 Å². The molecule has 3 nitrogen and oxygen atoms in total. The van der Waals surface area contributed by atoms with Crippen molar-refractivity contribution in [1.82, 2.24) is 4.98 Å². The Morgan fingerprint density at radius 3 is 2.73 bits per heavy atom. The van der Waals surface area contributed by atoms with Gasteiger partial charge in [0.05, 0.1) is 6.10 Å². The fourth-order valence-electron chi connectivity index (χ4n) is 1.21. The van der Waals surface area contributed by atoms with Crippen LogP contribution in [-0.4, -0.2) is 35.7 Å². The summed E-state index contributed by atoms with van der Waals surface area (Å²) in [5, 5.41) is 9.34. The highest BCUT2D eigenvalue weighted by atomic mass is 32.2. The molecule has 0 aliphatic heterocycles. The van der Waals surface area contributed by atoms with Crippen molar-refractivity contribution >= 4 is 17.6 Å². The van der Waals surface area contributed by atoms with Crippen molar-refractivity contribution in [2.75, 3.05) is 30.5 Å². The lowest BCUT2D eigenvalue weighted by molar-refractivity contribution is 0.199. The third-order valence-electron chi connectivity index (χ3n) is 2.28. The maximum absolute atomic E-state index is 9.34. The van der Waals surface area contributed by atoms with Gasteiger partial charge in [0.25, 0.3) is 0 Å². The molecule has 0 unspecified atom stereocenters. The zero-order valence-corrected chi connectivity index (χ0v) is 10.3. The Morgan fingerprint density at radius 2 is 2.27 bits per heavy atom. The average Bonchev–Trinajstić information content (AvgIpc) is 2.26. The van der Waals surface area contributed by atoms with Gasteiger partial charge in [0, 0.05) is 25.5 Å². The van der Waals surface area contributed by atoms with E-state index in [9.17, 15) is 5.11 Å². The summed E-state index contributed by atoms with van der Waals surface area (Å²) in [5.74, 6) is 2.05. The van der Waals surface area contributed by atoms with Gasteiger partial charge in [-0.25, -0.2) is 4.98 Å². The summed E-state index contributed by atoms with van der Waals surface area (Å²) in [6.07, 6.45) is 3.39. The predicted molar refractivity (Wildman–Crippen MR) is 66.5 cm³/mol. The molecule has 1 aromatic rings. The molecule has 0 saturated carbocycles. The molecule has 0 fully saturated rings. The van der Waals surface area contributed by atoms with Crippen LogP contribution in [0.25, 0.3) is 0 Å². The maximum atomic E-state index is 9.34. The van der Waals surface area contributed by atoms with Gasteiger partial charge >= 0.3 is 0 Å². The molecule has 1 N–H and O–H groups in total. The number of aliphatic hydroxyl groups excluding tert-OH is 1. The van der Waals surface area contributed by atoms with E-state index >= 15 is 0 Å². The van der Waals surface area contributed by atoms with Crippen LogP contribution in [0.15, 0.2) is 18.3 Å². The van der Waals surface area contributed by atoms with Crippen LogP contribution in [0.2, 0.25) is 0 Å². The summed E-state index contributed by atoms with van der Waals surface area (Å²) in [5.41, 5.74) is 0.858. The Morgan fingerprint density at radius 1 is 1.53 bits per heavy atom. The third kappa shape index (κ3) is 3.72. The number of pyridine rings is 1. The highest BCUT2D eigenvalue weighted by molar-refractivity contribution is 7.98. The van der Waals surface area contributed by atoms with Crippen LogP contribution in [0.4, 0.5) is 5.82 Å². The van der Waals surface area contributed by atoms with E-state index < -0.39 is 6.10 Å². The number of hydrogen-bond donors (Lipinski definition) is 1. The van der Waals surface area contributed by atoms with Gasteiger partial charge < -0.3 is 10.0 Å². The fourth-order valence-corrected chi connectivity index (χ4v) is 1.67. The fraction of sp³-hybridized carbons (Fsp3) is 0.545. The topological polar surface area (TPSA) is 36.4 Å². The van der Waals surface area contributed by atoms with Gasteiger partial charge in [0.2, 0.25) is 0 Å². The maximum Gasteiger partial charge on any atom is 0.128 e. The number of thioether (sulfide) groups is 1. The Bertz CT molecular complexity index is 287. The molecule has 1 atom stereocenters. The van der Waals surface area contributed by atoms with Gasteiger partial charge in [-0.15, -0.1) is 0 Å². The van der Waals surface area contributed by atoms with Crippen LogP contribution >= 0.6 is 11.8 Å². The lowest BCUT2D eigenvalue weighted by Gasteiger charge is -2.17. The molecule has 1 rings (SSSR count). The monoisotopic (exact) mass is 226 g/mol. The van der Waals surface area contributed by atoms with E-state index in [2.05, 4.69) is 16.1 Å². The van der Waals surface area contributed by atoms with Crippen LogP contribution in [0, 0.1) is 0 Å². The Balaban J connectivity index is 2.62. The van der Waals surface area contributed by atoms with Gasteiger partial charge in [-0.2, -0.15) is 11.8 Å². The molecule has 0 aliphatic carbocycles. The molecular weight excluding hydrogens is 208 g/mol. The second-order valence-corrected chi connectivity index (χ2v) is 4.53. The lowest BCUT2D eigenvalue weighted by Crippen LogP contribution is -2.21. The second kappa shape index (κ2) is 5.98. The van der Waals surface area contributed by atoms with Gasteiger partial charge in [0.15, 0.2) is 0 Å². The molecule has 0 radical (unpaired) electrons. The first kappa shape index (κ1) is 12.3. The zero-order chi connectivity index (χ0) is 11.3. The van der Waals surface area contributed by atoms with Gasteiger partial charge in [0.1, 0.15) is 5.82 Å². The van der Waals surface area contributed by atoms with Crippen LogP contribution in [0.3, 0.4) is 0 Å². The van der Waals surface area contributed by atoms with Crippen LogP contribution in [0.5, 0.6) is 0 Å². The highest BCUT2D eigenvalue weighted by Gasteiger charge is 2.04. The van der Waals surface area contributed by atoms with Crippen molar-refractivity contribution in [1.29, 1.82) is 0 Å². The average molecular weight is 226 g/mol. The molecule has 0 aliphatic rings. The molecule has 0 aromatic carbocycles. The normalized spacial score (nSPS) is 12.5. The van der Waals surface area contributed by atoms with Crippen LogP contribution < -0.4 is 4.90 Å². The van der Waals surface area contributed by atoms with E-state index in [1.807, 2.05) is 30.9 Å². The minimum absolute atomic E-state index is 0.442. The number of anilines is 1. The molecule has 0 bridgehead atoms. The summed E-state index contributed by atoms with van der Waals surface area (Å²) in [6, 6.07) is 3.87. The number of hydrogen-bond acceptors (Lipinski definition) is 4. The number of nitrogens with zero attached hydrogens (tertiary/aromatic N) is 2. The summed E-state index contributed by atoms with van der Waals surface area (Å²) < 4.78 is 0. The molecule has 15 heavy (non-hydrogen) atoms. The molecular formula is C11H18N2OS. The van der Waals surface area contributed by atoms with Gasteiger partial charge in [-0.1, -0.05) is 6.07 Å². The third-order valence-corrected chi connectivity index (χ3v) is 2.87. The molecule has 0 spiro atoms. The van der Waals surface area contributed by atoms with E-state index in [0.29, 0.717) is 0 Å². The Labute approximate surface area is 95.5 Å². The number of aromatic nitrogens is 1. The first-order chi connectivity index (χ1) is 7.15. The van der Waals surface area contributed by atoms with E-state index in [1.54, 1.807) is 13.1 Å². The zero-order valence-electron chi connectivity index (χ0n) is 9.47. The summed E-state index contributed by atoms with van der Waals surface area (Å²) in [6.45, 7) is 2.73. The summed E-state index contributed by atoms with van der Waals surface area (Å²) >= 11 is 1.82. The highest BCUT2D eigenvalue weighted by Crippen LogP contribution is 2.14. The van der Waals surface area contributed by atoms with E-state index in [1.165, 1.54) is 0 Å². The van der Waals surface area contributed by atoms with Gasteiger partial charge in [-0.3, -0.25) is 0 Å². The molecule has 1 heterocycles. The largest absolute Gasteiger partial charge is 0.389 e. The second-order valence-electron chi connectivity index (χ2n) is 3.54. The Hall–Kier alpha value is -0.740.